The molecule has 0 radical (unpaired) electrons. The van der Waals surface area contributed by atoms with Gasteiger partial charge >= 0.3 is 0 Å². The maximum absolute atomic E-state index is 5.16. The number of ether oxygens (including phenoxy) is 1. The van der Waals surface area contributed by atoms with Gasteiger partial charge in [-0.15, -0.1) is 0 Å². The van der Waals surface area contributed by atoms with Gasteiger partial charge in [0.05, 0.1) is 6.61 Å². The molecule has 126 valence electrons. The standard InChI is InChI=1S/C15H31N3O.C2H6/c1-15(4-6-16(2)7-5-15)14-18-10-8-17(9-11-18)12-13-19-3;1-2/h4-14H2,1-3H3;1-2H3. The highest BCUT2D eigenvalue weighted by Gasteiger charge is 2.31. The number of piperidine rings is 1. The lowest BCUT2D eigenvalue weighted by Gasteiger charge is -2.43. The zero-order valence-corrected chi connectivity index (χ0v) is 15.0. The van der Waals surface area contributed by atoms with Crippen molar-refractivity contribution >= 4 is 0 Å². The molecule has 0 aliphatic carbocycles. The third-order valence-electron chi connectivity index (χ3n) is 4.88. The first-order chi connectivity index (χ1) is 10.1. The average molecular weight is 300 g/mol. The second-order valence-corrected chi connectivity index (χ2v) is 6.72. The molecule has 4 nitrogen and oxygen atoms in total. The Bertz CT molecular complexity index is 257. The molecular weight excluding hydrogens is 262 g/mol. The molecule has 0 unspecified atom stereocenters. The first-order valence-electron chi connectivity index (χ1n) is 8.73. The molecule has 0 bridgehead atoms. The summed E-state index contributed by atoms with van der Waals surface area (Å²) >= 11 is 0. The summed E-state index contributed by atoms with van der Waals surface area (Å²) in [4.78, 5) is 7.66. The summed E-state index contributed by atoms with van der Waals surface area (Å²) in [7, 11) is 4.03. The fourth-order valence-electron chi connectivity index (χ4n) is 3.25. The molecule has 0 N–H and O–H groups in total. The molecule has 21 heavy (non-hydrogen) atoms. The number of hydrogen-bond acceptors (Lipinski definition) is 4. The lowest BCUT2D eigenvalue weighted by molar-refractivity contribution is 0.0476. The van der Waals surface area contributed by atoms with Crippen LogP contribution in [0.15, 0.2) is 0 Å². The Morgan fingerprint density at radius 1 is 0.905 bits per heavy atom. The molecule has 2 saturated heterocycles. The van der Waals surface area contributed by atoms with Crippen molar-refractivity contribution in [1.29, 1.82) is 0 Å². The number of methoxy groups -OCH3 is 1. The van der Waals surface area contributed by atoms with Crippen LogP contribution in [0.4, 0.5) is 0 Å². The van der Waals surface area contributed by atoms with Crippen LogP contribution in [0.2, 0.25) is 0 Å². The van der Waals surface area contributed by atoms with Crippen molar-refractivity contribution in [2.75, 3.05) is 73.1 Å². The van der Waals surface area contributed by atoms with Crippen LogP contribution in [0.1, 0.15) is 33.6 Å². The summed E-state index contributed by atoms with van der Waals surface area (Å²) in [6, 6.07) is 0. The Labute approximate surface area is 132 Å². The predicted octanol–water partition coefficient (Wildman–Crippen LogP) is 2.01. The molecule has 0 spiro atoms. The highest BCUT2D eigenvalue weighted by atomic mass is 16.5. The van der Waals surface area contributed by atoms with Gasteiger partial charge in [-0.25, -0.2) is 0 Å². The fourth-order valence-corrected chi connectivity index (χ4v) is 3.25. The first-order valence-corrected chi connectivity index (χ1v) is 8.73. The largest absolute Gasteiger partial charge is 0.383 e. The van der Waals surface area contributed by atoms with Gasteiger partial charge in [0.2, 0.25) is 0 Å². The van der Waals surface area contributed by atoms with Crippen LogP contribution in [-0.2, 0) is 4.74 Å². The predicted molar refractivity (Wildman–Crippen MR) is 90.9 cm³/mol. The van der Waals surface area contributed by atoms with Crippen molar-refractivity contribution in [3.63, 3.8) is 0 Å². The van der Waals surface area contributed by atoms with Gasteiger partial charge in [0.1, 0.15) is 0 Å². The normalized spacial score (nSPS) is 24.4. The maximum atomic E-state index is 5.16. The van der Waals surface area contributed by atoms with Gasteiger partial charge in [-0.3, -0.25) is 4.90 Å². The minimum absolute atomic E-state index is 0.543. The zero-order valence-electron chi connectivity index (χ0n) is 15.0. The monoisotopic (exact) mass is 299 g/mol. The summed E-state index contributed by atoms with van der Waals surface area (Å²) in [6.07, 6.45) is 2.71. The first kappa shape index (κ1) is 18.9. The number of piperazine rings is 1. The van der Waals surface area contributed by atoms with Gasteiger partial charge in [-0.2, -0.15) is 0 Å². The molecule has 0 aromatic carbocycles. The highest BCUT2D eigenvalue weighted by Crippen LogP contribution is 2.31. The van der Waals surface area contributed by atoms with E-state index in [9.17, 15) is 0 Å². The van der Waals surface area contributed by atoms with Crippen LogP contribution in [0.3, 0.4) is 0 Å². The molecule has 2 aliphatic heterocycles. The quantitative estimate of drug-likeness (QED) is 0.773. The van der Waals surface area contributed by atoms with E-state index in [1.54, 1.807) is 7.11 Å². The SMILES string of the molecule is CC.COCCN1CCN(CC2(C)CCN(C)CC2)CC1. The Kier molecular flexibility index (Phi) is 8.79. The maximum Gasteiger partial charge on any atom is 0.0589 e. The van der Waals surface area contributed by atoms with Crippen molar-refractivity contribution in [3.8, 4) is 0 Å². The van der Waals surface area contributed by atoms with Gasteiger partial charge in [0.25, 0.3) is 0 Å². The van der Waals surface area contributed by atoms with Crippen molar-refractivity contribution in [2.24, 2.45) is 5.41 Å². The number of likely N-dealkylation sites (tertiary alicyclic amines) is 1. The fraction of sp³-hybridized carbons (Fsp3) is 1.00. The van der Waals surface area contributed by atoms with Gasteiger partial charge in [-0.05, 0) is 38.4 Å². The van der Waals surface area contributed by atoms with Crippen molar-refractivity contribution in [2.45, 2.75) is 33.6 Å². The molecule has 0 aromatic heterocycles. The van der Waals surface area contributed by atoms with E-state index < -0.39 is 0 Å². The zero-order chi connectivity index (χ0) is 15.7. The van der Waals surface area contributed by atoms with E-state index in [1.165, 1.54) is 58.7 Å². The second-order valence-electron chi connectivity index (χ2n) is 6.72. The van der Waals surface area contributed by atoms with Crippen LogP contribution >= 0.6 is 0 Å². The summed E-state index contributed by atoms with van der Waals surface area (Å²) in [5.74, 6) is 0. The van der Waals surface area contributed by atoms with Crippen LogP contribution < -0.4 is 0 Å². The molecular formula is C17H37N3O. The third-order valence-corrected chi connectivity index (χ3v) is 4.88. The molecule has 4 heteroatoms. The summed E-state index contributed by atoms with van der Waals surface area (Å²) < 4.78 is 5.16. The van der Waals surface area contributed by atoms with E-state index in [2.05, 4.69) is 28.7 Å². The summed E-state index contributed by atoms with van der Waals surface area (Å²) in [5, 5.41) is 0. The molecule has 0 amide bonds. The summed E-state index contributed by atoms with van der Waals surface area (Å²) in [5.41, 5.74) is 0.543. The second kappa shape index (κ2) is 9.78. The van der Waals surface area contributed by atoms with E-state index in [0.717, 1.165) is 13.2 Å². The Hall–Kier alpha value is -0.160. The highest BCUT2D eigenvalue weighted by molar-refractivity contribution is 4.86. The number of nitrogens with zero attached hydrogens (tertiary/aromatic N) is 3. The van der Waals surface area contributed by atoms with E-state index in [1.807, 2.05) is 13.8 Å². The van der Waals surface area contributed by atoms with Crippen molar-refractivity contribution < 1.29 is 4.74 Å². The van der Waals surface area contributed by atoms with E-state index in [-0.39, 0.29) is 0 Å². The minimum atomic E-state index is 0.543. The van der Waals surface area contributed by atoms with E-state index in [0.29, 0.717) is 5.41 Å². The Morgan fingerprint density at radius 2 is 1.43 bits per heavy atom. The number of hydrogen-bond donors (Lipinski definition) is 0. The smallest absolute Gasteiger partial charge is 0.0589 e. The Balaban J connectivity index is 0.00000106. The molecule has 2 aliphatic rings. The van der Waals surface area contributed by atoms with Gasteiger partial charge in [0, 0.05) is 46.4 Å². The molecule has 0 aromatic rings. The molecule has 2 rings (SSSR count). The van der Waals surface area contributed by atoms with E-state index in [4.69, 9.17) is 4.74 Å². The van der Waals surface area contributed by atoms with Gasteiger partial charge in [-0.1, -0.05) is 20.8 Å². The number of rotatable bonds is 5. The van der Waals surface area contributed by atoms with Gasteiger partial charge in [0.15, 0.2) is 0 Å². The van der Waals surface area contributed by atoms with Crippen LogP contribution in [0.25, 0.3) is 0 Å². The van der Waals surface area contributed by atoms with Crippen LogP contribution in [0, 0.1) is 5.41 Å². The van der Waals surface area contributed by atoms with Crippen LogP contribution in [0.5, 0.6) is 0 Å². The molecule has 2 heterocycles. The lowest BCUT2D eigenvalue weighted by Crippen LogP contribution is -2.51. The average Bonchev–Trinajstić information content (AvgIpc) is 2.52. The van der Waals surface area contributed by atoms with Gasteiger partial charge < -0.3 is 14.5 Å². The molecule has 2 fully saturated rings. The van der Waals surface area contributed by atoms with E-state index >= 15 is 0 Å². The van der Waals surface area contributed by atoms with Crippen molar-refractivity contribution in [3.05, 3.63) is 0 Å². The minimum Gasteiger partial charge on any atom is -0.383 e. The lowest BCUT2D eigenvalue weighted by atomic mass is 9.80. The van der Waals surface area contributed by atoms with Crippen molar-refractivity contribution in [1.82, 2.24) is 14.7 Å². The Morgan fingerprint density at radius 3 is 1.95 bits per heavy atom. The molecule has 0 atom stereocenters. The summed E-state index contributed by atoms with van der Waals surface area (Å²) in [6.45, 7) is 17.1. The third kappa shape index (κ3) is 6.64. The van der Waals surface area contributed by atoms with Crippen LogP contribution in [-0.4, -0.2) is 87.8 Å². The molecule has 0 saturated carbocycles. The topological polar surface area (TPSA) is 19.0 Å².